The Morgan fingerprint density at radius 3 is 1.40 bits per heavy atom. The molecule has 0 atom stereocenters. The van der Waals surface area contributed by atoms with Crippen LogP contribution in [0.2, 0.25) is 0 Å². The molecule has 0 nitrogen and oxygen atoms in total. The highest BCUT2D eigenvalue weighted by Gasteiger charge is 2.52. The zero-order chi connectivity index (χ0) is 36.4. The summed E-state index contributed by atoms with van der Waals surface area (Å²) in [6.07, 6.45) is 0. The van der Waals surface area contributed by atoms with Gasteiger partial charge in [0.05, 0.1) is 5.41 Å². The second-order valence-electron chi connectivity index (χ2n) is 15.6. The Labute approximate surface area is 321 Å². The van der Waals surface area contributed by atoms with Gasteiger partial charge in [-0.25, -0.2) is 0 Å². The number of rotatable bonds is 2. The van der Waals surface area contributed by atoms with Crippen molar-refractivity contribution in [3.63, 3.8) is 0 Å². The monoisotopic (exact) mass is 696 g/mol. The van der Waals surface area contributed by atoms with E-state index in [9.17, 15) is 0 Å². The average Bonchev–Trinajstić information content (AvgIpc) is 3.71. The molecular weight excluding hydrogens is 661 g/mol. The van der Waals surface area contributed by atoms with Gasteiger partial charge in [-0.1, -0.05) is 158 Å². The molecular formula is C55H36. The molecule has 0 saturated heterocycles. The first-order valence-electron chi connectivity index (χ1n) is 19.4. The molecule has 0 amide bonds. The van der Waals surface area contributed by atoms with E-state index in [2.05, 4.69) is 196 Å². The first kappa shape index (κ1) is 30.7. The molecule has 55 heavy (non-hydrogen) atoms. The van der Waals surface area contributed by atoms with Gasteiger partial charge in [-0.2, -0.15) is 0 Å². The molecule has 0 heterocycles. The lowest BCUT2D eigenvalue weighted by Gasteiger charge is -2.31. The van der Waals surface area contributed by atoms with Gasteiger partial charge in [0.15, 0.2) is 0 Å². The highest BCUT2D eigenvalue weighted by Crippen LogP contribution is 2.64. The molecule has 10 aromatic rings. The van der Waals surface area contributed by atoms with Crippen LogP contribution in [0.4, 0.5) is 0 Å². The van der Waals surface area contributed by atoms with Gasteiger partial charge in [0.1, 0.15) is 0 Å². The molecule has 2 aliphatic carbocycles. The summed E-state index contributed by atoms with van der Waals surface area (Å²) < 4.78 is 0. The van der Waals surface area contributed by atoms with Crippen molar-refractivity contribution in [2.75, 3.05) is 0 Å². The average molecular weight is 697 g/mol. The minimum absolute atomic E-state index is 0.438. The third-order valence-corrected chi connectivity index (χ3v) is 13.1. The summed E-state index contributed by atoms with van der Waals surface area (Å²) in [5, 5.41) is 10.4. The van der Waals surface area contributed by atoms with Crippen LogP contribution >= 0.6 is 0 Å². The Kier molecular flexibility index (Phi) is 6.21. The minimum Gasteiger partial charge on any atom is -0.0619 e. The Balaban J connectivity index is 1.17. The van der Waals surface area contributed by atoms with Gasteiger partial charge in [-0.15, -0.1) is 0 Å². The fourth-order valence-corrected chi connectivity index (χ4v) is 10.6. The van der Waals surface area contributed by atoms with Crippen LogP contribution in [-0.4, -0.2) is 0 Å². The highest BCUT2D eigenvalue weighted by molar-refractivity contribution is 6.11. The maximum atomic E-state index is 2.58. The van der Waals surface area contributed by atoms with Gasteiger partial charge in [0, 0.05) is 0 Å². The molecule has 0 aromatic heterocycles. The molecule has 0 fully saturated rings. The standard InChI is InChI=1S/C55H36/c1-33-39-27-25-37(42-21-11-15-35-13-3-5-17-40(35)42)29-47(39)34(2)49-32-54-50(31-48(33)49)46-28-26-38(43-22-12-16-36-14-4-6-18-41(36)43)30-53(46)55(54)51-23-9-7-19-44(51)45-20-8-10-24-52(45)55/h3-32H,1-2H3. The summed E-state index contributed by atoms with van der Waals surface area (Å²) in [5.41, 5.74) is 18.1. The van der Waals surface area contributed by atoms with E-state index in [-0.39, 0.29) is 0 Å². The maximum Gasteiger partial charge on any atom is 0.0725 e. The molecule has 0 heteroatoms. The summed E-state index contributed by atoms with van der Waals surface area (Å²) in [6, 6.07) is 68.7. The topological polar surface area (TPSA) is 0 Å². The number of hydrogen-bond acceptors (Lipinski definition) is 0. The highest BCUT2D eigenvalue weighted by atomic mass is 14.5. The predicted molar refractivity (Wildman–Crippen MR) is 233 cm³/mol. The van der Waals surface area contributed by atoms with Gasteiger partial charge in [0.2, 0.25) is 0 Å². The normalized spacial score (nSPS) is 13.4. The molecule has 0 saturated carbocycles. The second-order valence-corrected chi connectivity index (χ2v) is 15.6. The molecule has 0 bridgehead atoms. The molecule has 0 N–H and O–H groups in total. The summed E-state index contributed by atoms with van der Waals surface area (Å²) in [4.78, 5) is 0. The van der Waals surface area contributed by atoms with Crippen molar-refractivity contribution in [2.45, 2.75) is 19.3 Å². The summed E-state index contributed by atoms with van der Waals surface area (Å²) in [6.45, 7) is 4.66. The third-order valence-electron chi connectivity index (χ3n) is 13.1. The molecule has 10 aromatic carbocycles. The fourth-order valence-electron chi connectivity index (χ4n) is 10.6. The molecule has 0 aliphatic heterocycles. The first-order valence-corrected chi connectivity index (χ1v) is 19.4. The second kappa shape index (κ2) is 11.1. The number of aryl methyl sites for hydroxylation is 2. The van der Waals surface area contributed by atoms with Crippen molar-refractivity contribution in [3.05, 3.63) is 215 Å². The number of fused-ring (bicyclic) bond motifs is 14. The number of hydrogen-bond donors (Lipinski definition) is 0. The lowest BCUT2D eigenvalue weighted by Crippen LogP contribution is -2.26. The molecule has 1 spiro atoms. The maximum absolute atomic E-state index is 2.58. The van der Waals surface area contributed by atoms with Crippen LogP contribution < -0.4 is 0 Å². The molecule has 0 radical (unpaired) electrons. The smallest absolute Gasteiger partial charge is 0.0619 e. The van der Waals surface area contributed by atoms with Crippen LogP contribution in [0.3, 0.4) is 0 Å². The van der Waals surface area contributed by atoms with Crippen molar-refractivity contribution in [1.29, 1.82) is 0 Å². The zero-order valence-electron chi connectivity index (χ0n) is 30.8. The molecule has 0 unspecified atom stereocenters. The zero-order valence-corrected chi connectivity index (χ0v) is 30.8. The Bertz CT molecular complexity index is 3230. The van der Waals surface area contributed by atoms with Crippen LogP contribution in [0, 0.1) is 13.8 Å². The summed E-state index contributed by atoms with van der Waals surface area (Å²) >= 11 is 0. The van der Waals surface area contributed by atoms with Gasteiger partial charge < -0.3 is 0 Å². The summed E-state index contributed by atoms with van der Waals surface area (Å²) in [7, 11) is 0. The van der Waals surface area contributed by atoms with Crippen LogP contribution in [0.1, 0.15) is 33.4 Å². The van der Waals surface area contributed by atoms with Crippen LogP contribution in [0.25, 0.3) is 87.6 Å². The summed E-state index contributed by atoms with van der Waals surface area (Å²) in [5.74, 6) is 0. The lowest BCUT2D eigenvalue weighted by molar-refractivity contribution is 0.795. The van der Waals surface area contributed by atoms with Crippen LogP contribution in [0.15, 0.2) is 182 Å². The van der Waals surface area contributed by atoms with E-state index < -0.39 is 5.41 Å². The van der Waals surface area contributed by atoms with Gasteiger partial charge >= 0.3 is 0 Å². The number of benzene rings is 10. The quantitative estimate of drug-likeness (QED) is 0.158. The SMILES string of the molecule is Cc1c2ccc(-c3cccc4ccccc34)cc2c(C)c2cc3c(cc12)-c1ccc(-c2cccc4ccccc24)cc1C31c2ccccc2-c2ccccc21. The minimum atomic E-state index is -0.438. The van der Waals surface area contributed by atoms with Crippen LogP contribution in [-0.2, 0) is 5.41 Å². The van der Waals surface area contributed by atoms with E-state index in [4.69, 9.17) is 0 Å². The Hall–Kier alpha value is -6.76. The Morgan fingerprint density at radius 1 is 0.273 bits per heavy atom. The van der Waals surface area contributed by atoms with Gasteiger partial charge in [0.25, 0.3) is 0 Å². The van der Waals surface area contributed by atoms with E-state index in [0.717, 1.165) is 0 Å². The van der Waals surface area contributed by atoms with E-state index in [0.29, 0.717) is 0 Å². The molecule has 256 valence electrons. The molecule has 12 rings (SSSR count). The van der Waals surface area contributed by atoms with Gasteiger partial charge in [-0.05, 0) is 159 Å². The first-order chi connectivity index (χ1) is 27.1. The van der Waals surface area contributed by atoms with E-state index >= 15 is 0 Å². The van der Waals surface area contributed by atoms with Crippen molar-refractivity contribution >= 4 is 43.1 Å². The van der Waals surface area contributed by atoms with Crippen molar-refractivity contribution in [3.8, 4) is 44.5 Å². The van der Waals surface area contributed by atoms with Gasteiger partial charge in [-0.3, -0.25) is 0 Å². The fraction of sp³-hybridized carbons (Fsp3) is 0.0545. The predicted octanol–water partition coefficient (Wildman–Crippen LogP) is 14.6. The van der Waals surface area contributed by atoms with Crippen molar-refractivity contribution in [1.82, 2.24) is 0 Å². The Morgan fingerprint density at radius 2 is 0.727 bits per heavy atom. The largest absolute Gasteiger partial charge is 0.0725 e. The van der Waals surface area contributed by atoms with Crippen molar-refractivity contribution < 1.29 is 0 Å². The van der Waals surface area contributed by atoms with Crippen LogP contribution in [0.5, 0.6) is 0 Å². The van der Waals surface area contributed by atoms with E-state index in [1.54, 1.807) is 0 Å². The molecule has 2 aliphatic rings. The van der Waals surface area contributed by atoms with E-state index in [1.165, 1.54) is 121 Å². The lowest BCUT2D eigenvalue weighted by atomic mass is 9.70. The van der Waals surface area contributed by atoms with E-state index in [1.807, 2.05) is 0 Å². The van der Waals surface area contributed by atoms with Crippen molar-refractivity contribution in [2.24, 2.45) is 0 Å². The third kappa shape index (κ3) is 4.01.